The molecular formula is C13H21N5O. The smallest absolute Gasteiger partial charge is 0.118 e. The zero-order chi connectivity index (χ0) is 13.5. The number of methoxy groups -OCH3 is 1. The van der Waals surface area contributed by atoms with Crippen LogP contribution in [0.2, 0.25) is 0 Å². The van der Waals surface area contributed by atoms with E-state index in [1.807, 2.05) is 30.6 Å². The number of nitrogens with one attached hydrogen (secondary N) is 1. The first-order valence-corrected chi connectivity index (χ1v) is 6.42. The highest BCUT2D eigenvalue weighted by Gasteiger charge is 2.05. The van der Waals surface area contributed by atoms with Crippen LogP contribution in [-0.2, 0) is 6.54 Å². The van der Waals surface area contributed by atoms with Gasteiger partial charge >= 0.3 is 0 Å². The summed E-state index contributed by atoms with van der Waals surface area (Å²) in [6.45, 7) is 4.51. The maximum absolute atomic E-state index is 5.86. The van der Waals surface area contributed by atoms with E-state index in [-0.39, 0.29) is 0 Å². The minimum absolute atomic E-state index is 0.576. The number of piperazine rings is 1. The molecule has 0 aromatic heterocycles. The molecule has 104 valence electrons. The lowest BCUT2D eigenvalue weighted by Gasteiger charge is -2.25. The monoisotopic (exact) mass is 263 g/mol. The highest BCUT2D eigenvalue weighted by Crippen LogP contribution is 2.12. The minimum atomic E-state index is 0.576. The SMILES string of the molecule is COc1ccc(CN(N)N=CN2CCNCC2)cc1. The predicted octanol–water partition coefficient (Wildman–Crippen LogP) is 0.219. The van der Waals surface area contributed by atoms with Gasteiger partial charge in [-0.2, -0.15) is 5.10 Å². The molecule has 0 atom stereocenters. The molecule has 0 unspecified atom stereocenters. The van der Waals surface area contributed by atoms with Crippen LogP contribution in [0.5, 0.6) is 5.75 Å². The first kappa shape index (κ1) is 13.6. The van der Waals surface area contributed by atoms with Gasteiger partial charge < -0.3 is 15.0 Å². The quantitative estimate of drug-likeness (QED) is 0.344. The number of hydrazine groups is 1. The summed E-state index contributed by atoms with van der Waals surface area (Å²) in [5.74, 6) is 6.70. The molecule has 0 spiro atoms. The summed E-state index contributed by atoms with van der Waals surface area (Å²) in [6.07, 6.45) is 1.81. The van der Waals surface area contributed by atoms with Crippen LogP contribution < -0.4 is 15.9 Å². The number of hydrogen-bond donors (Lipinski definition) is 2. The van der Waals surface area contributed by atoms with Crippen LogP contribution in [-0.4, -0.2) is 49.6 Å². The van der Waals surface area contributed by atoms with Crippen molar-refractivity contribution in [1.82, 2.24) is 15.3 Å². The van der Waals surface area contributed by atoms with Crippen LogP contribution in [0.25, 0.3) is 0 Å². The molecule has 1 heterocycles. The lowest BCUT2D eigenvalue weighted by molar-refractivity contribution is 0.279. The number of nitrogens with zero attached hydrogens (tertiary/aromatic N) is 3. The molecule has 6 heteroatoms. The highest BCUT2D eigenvalue weighted by atomic mass is 16.5. The van der Waals surface area contributed by atoms with Crippen molar-refractivity contribution in [2.24, 2.45) is 10.9 Å². The first-order chi connectivity index (χ1) is 9.28. The van der Waals surface area contributed by atoms with Gasteiger partial charge in [-0.05, 0) is 17.7 Å². The second kappa shape index (κ2) is 6.96. The summed E-state index contributed by atoms with van der Waals surface area (Å²) in [5.41, 5.74) is 1.10. The van der Waals surface area contributed by atoms with Gasteiger partial charge in [-0.25, -0.2) is 11.0 Å². The molecule has 3 N–H and O–H groups in total. The van der Waals surface area contributed by atoms with E-state index in [0.717, 1.165) is 37.5 Å². The van der Waals surface area contributed by atoms with Crippen LogP contribution in [0.3, 0.4) is 0 Å². The van der Waals surface area contributed by atoms with Gasteiger partial charge in [0.05, 0.1) is 13.7 Å². The molecule has 0 amide bonds. The third-order valence-electron chi connectivity index (χ3n) is 3.02. The van der Waals surface area contributed by atoms with E-state index in [0.29, 0.717) is 6.54 Å². The molecule has 2 rings (SSSR count). The number of benzene rings is 1. The van der Waals surface area contributed by atoms with Crippen molar-refractivity contribution in [2.45, 2.75) is 6.54 Å². The number of hydrogen-bond acceptors (Lipinski definition) is 5. The van der Waals surface area contributed by atoms with Crippen molar-refractivity contribution in [3.63, 3.8) is 0 Å². The Morgan fingerprint density at radius 2 is 2.05 bits per heavy atom. The Balaban J connectivity index is 1.82. The lowest BCUT2D eigenvalue weighted by Crippen LogP contribution is -2.43. The molecule has 6 nitrogen and oxygen atoms in total. The highest BCUT2D eigenvalue weighted by molar-refractivity contribution is 5.54. The third kappa shape index (κ3) is 4.42. The Hall–Kier alpha value is -1.79. The van der Waals surface area contributed by atoms with E-state index < -0.39 is 0 Å². The first-order valence-electron chi connectivity index (χ1n) is 6.42. The maximum Gasteiger partial charge on any atom is 0.118 e. The van der Waals surface area contributed by atoms with Crippen LogP contribution in [0.1, 0.15) is 5.56 Å². The molecule has 1 aromatic rings. The van der Waals surface area contributed by atoms with E-state index in [4.69, 9.17) is 10.6 Å². The predicted molar refractivity (Wildman–Crippen MR) is 75.7 cm³/mol. The molecular weight excluding hydrogens is 242 g/mol. The Morgan fingerprint density at radius 1 is 1.37 bits per heavy atom. The summed E-state index contributed by atoms with van der Waals surface area (Å²) in [7, 11) is 1.65. The molecule has 1 aliphatic rings. The summed E-state index contributed by atoms with van der Waals surface area (Å²) < 4.78 is 5.11. The van der Waals surface area contributed by atoms with Crippen molar-refractivity contribution in [3.8, 4) is 5.75 Å². The van der Waals surface area contributed by atoms with Gasteiger partial charge in [0.1, 0.15) is 12.1 Å². The van der Waals surface area contributed by atoms with Crippen LogP contribution >= 0.6 is 0 Å². The lowest BCUT2D eigenvalue weighted by atomic mass is 10.2. The Morgan fingerprint density at radius 3 is 2.68 bits per heavy atom. The number of rotatable bonds is 5. The zero-order valence-electron chi connectivity index (χ0n) is 11.2. The summed E-state index contributed by atoms with van der Waals surface area (Å²) in [4.78, 5) is 2.16. The fraction of sp³-hybridized carbons (Fsp3) is 0.462. The van der Waals surface area contributed by atoms with Crippen LogP contribution in [0.15, 0.2) is 29.4 Å². The van der Waals surface area contributed by atoms with Gasteiger partial charge in [0, 0.05) is 26.2 Å². The molecule has 19 heavy (non-hydrogen) atoms. The van der Waals surface area contributed by atoms with Gasteiger partial charge in [0.25, 0.3) is 0 Å². The fourth-order valence-corrected chi connectivity index (χ4v) is 1.90. The topological polar surface area (TPSA) is 66.1 Å². The van der Waals surface area contributed by atoms with E-state index in [2.05, 4.69) is 15.3 Å². The molecule has 0 bridgehead atoms. The van der Waals surface area contributed by atoms with Gasteiger partial charge in [0.2, 0.25) is 0 Å². The van der Waals surface area contributed by atoms with Crippen molar-refractivity contribution in [2.75, 3.05) is 33.3 Å². The summed E-state index contributed by atoms with van der Waals surface area (Å²) in [5, 5.41) is 8.98. The number of hydrazone groups is 1. The van der Waals surface area contributed by atoms with Gasteiger partial charge in [-0.15, -0.1) is 0 Å². The van der Waals surface area contributed by atoms with Gasteiger partial charge in [-0.3, -0.25) is 0 Å². The van der Waals surface area contributed by atoms with E-state index >= 15 is 0 Å². The number of nitrogens with two attached hydrogens (primary N) is 1. The molecule has 1 saturated heterocycles. The van der Waals surface area contributed by atoms with Gasteiger partial charge in [0.15, 0.2) is 0 Å². The standard InChI is InChI=1S/C13H21N5O/c1-19-13-4-2-12(3-5-13)10-18(14)16-11-17-8-6-15-7-9-17/h2-5,11,15H,6-10,14H2,1H3. The second-order valence-corrected chi connectivity index (χ2v) is 4.46. The average Bonchev–Trinajstić information content (AvgIpc) is 2.47. The summed E-state index contributed by atoms with van der Waals surface area (Å²) in [6, 6.07) is 7.81. The van der Waals surface area contributed by atoms with Gasteiger partial charge in [-0.1, -0.05) is 12.1 Å². The molecule has 0 radical (unpaired) electrons. The van der Waals surface area contributed by atoms with Crippen molar-refractivity contribution in [3.05, 3.63) is 29.8 Å². The summed E-state index contributed by atoms with van der Waals surface area (Å²) >= 11 is 0. The maximum atomic E-state index is 5.86. The average molecular weight is 263 g/mol. The van der Waals surface area contributed by atoms with Crippen molar-refractivity contribution >= 4 is 6.34 Å². The minimum Gasteiger partial charge on any atom is -0.497 e. The van der Waals surface area contributed by atoms with Crippen molar-refractivity contribution in [1.29, 1.82) is 0 Å². The van der Waals surface area contributed by atoms with E-state index in [1.54, 1.807) is 7.11 Å². The zero-order valence-corrected chi connectivity index (χ0v) is 11.2. The normalized spacial score (nSPS) is 15.8. The van der Waals surface area contributed by atoms with E-state index in [9.17, 15) is 0 Å². The Labute approximate surface area is 113 Å². The van der Waals surface area contributed by atoms with E-state index in [1.165, 1.54) is 5.12 Å². The third-order valence-corrected chi connectivity index (χ3v) is 3.02. The fourth-order valence-electron chi connectivity index (χ4n) is 1.90. The molecule has 0 saturated carbocycles. The Kier molecular flexibility index (Phi) is 5.00. The molecule has 1 aromatic carbocycles. The second-order valence-electron chi connectivity index (χ2n) is 4.46. The molecule has 0 aliphatic carbocycles. The largest absolute Gasteiger partial charge is 0.497 e. The van der Waals surface area contributed by atoms with Crippen LogP contribution in [0.4, 0.5) is 0 Å². The molecule has 1 fully saturated rings. The van der Waals surface area contributed by atoms with Crippen molar-refractivity contribution < 1.29 is 4.74 Å². The Bertz CT molecular complexity index is 400. The number of ether oxygens (including phenoxy) is 1. The molecule has 1 aliphatic heterocycles. The van der Waals surface area contributed by atoms with Crippen LogP contribution in [0, 0.1) is 0 Å².